The van der Waals surface area contributed by atoms with Crippen molar-refractivity contribution in [2.24, 2.45) is 52.3 Å². The van der Waals surface area contributed by atoms with Crippen molar-refractivity contribution in [2.45, 2.75) is 126 Å². The van der Waals surface area contributed by atoms with Crippen LogP contribution >= 0.6 is 0 Å². The first-order chi connectivity index (χ1) is 13.4. The summed E-state index contributed by atoms with van der Waals surface area (Å²) < 4.78 is 0. The van der Waals surface area contributed by atoms with Gasteiger partial charge in [0.25, 0.3) is 0 Å². The molecule has 4 aliphatic carbocycles. The SMILES string of the molecule is CC.CCCC(C)C1CCC2C3CCC4CC(CC)CCC4(C)C3CCC12C. The summed E-state index contributed by atoms with van der Waals surface area (Å²) in [5.41, 5.74) is 1.38. The third kappa shape index (κ3) is 3.62. The van der Waals surface area contributed by atoms with Crippen LogP contribution < -0.4 is 0 Å². The van der Waals surface area contributed by atoms with E-state index >= 15 is 0 Å². The zero-order valence-corrected chi connectivity index (χ0v) is 20.5. The first-order valence-corrected chi connectivity index (χ1v) is 13.4. The van der Waals surface area contributed by atoms with Crippen LogP contribution in [0.4, 0.5) is 0 Å². The van der Waals surface area contributed by atoms with E-state index in [0.717, 1.165) is 41.4 Å². The molecule has 4 fully saturated rings. The summed E-state index contributed by atoms with van der Waals surface area (Å²) in [6, 6.07) is 0. The summed E-state index contributed by atoms with van der Waals surface area (Å²) >= 11 is 0. The Labute approximate surface area is 178 Å². The third-order valence-electron chi connectivity index (χ3n) is 10.9. The molecule has 0 heterocycles. The van der Waals surface area contributed by atoms with Gasteiger partial charge in [-0.05, 0) is 110 Å². The van der Waals surface area contributed by atoms with Crippen molar-refractivity contribution in [1.82, 2.24) is 0 Å². The van der Waals surface area contributed by atoms with Gasteiger partial charge < -0.3 is 0 Å². The van der Waals surface area contributed by atoms with Crippen LogP contribution in [-0.2, 0) is 0 Å². The Balaban J connectivity index is 0.00000109. The maximum Gasteiger partial charge on any atom is -0.0264 e. The van der Waals surface area contributed by atoms with Crippen LogP contribution in [0.3, 0.4) is 0 Å². The lowest BCUT2D eigenvalue weighted by atomic mass is 9.44. The highest BCUT2D eigenvalue weighted by molar-refractivity contribution is 5.09. The molecule has 0 heteroatoms. The first kappa shape index (κ1) is 22.7. The molecule has 0 saturated heterocycles. The van der Waals surface area contributed by atoms with Gasteiger partial charge in [-0.1, -0.05) is 67.7 Å². The fourth-order valence-corrected chi connectivity index (χ4v) is 9.35. The summed E-state index contributed by atoms with van der Waals surface area (Å²) in [7, 11) is 0. The van der Waals surface area contributed by atoms with E-state index in [1.807, 2.05) is 13.8 Å². The Morgan fingerprint density at radius 2 is 1.50 bits per heavy atom. The lowest BCUT2D eigenvalue weighted by Gasteiger charge is -2.61. The number of fused-ring (bicyclic) bond motifs is 5. The van der Waals surface area contributed by atoms with Gasteiger partial charge in [0.1, 0.15) is 0 Å². The topological polar surface area (TPSA) is 0 Å². The fraction of sp³-hybridized carbons (Fsp3) is 1.00. The second-order valence-corrected chi connectivity index (χ2v) is 11.7. The van der Waals surface area contributed by atoms with E-state index in [9.17, 15) is 0 Å². The molecule has 0 aromatic heterocycles. The van der Waals surface area contributed by atoms with Crippen LogP contribution in [0.5, 0.6) is 0 Å². The molecule has 4 aliphatic rings. The number of hydrogen-bond acceptors (Lipinski definition) is 0. The Bertz CT molecular complexity index is 494. The number of rotatable bonds is 4. The Hall–Kier alpha value is 0. The van der Waals surface area contributed by atoms with Gasteiger partial charge in [-0.2, -0.15) is 0 Å². The molecule has 4 rings (SSSR count). The summed E-state index contributed by atoms with van der Waals surface area (Å²) in [4.78, 5) is 0. The van der Waals surface area contributed by atoms with Gasteiger partial charge in [0.05, 0.1) is 0 Å². The average molecular weight is 389 g/mol. The molecule has 0 nitrogen and oxygen atoms in total. The molecule has 0 radical (unpaired) electrons. The zero-order valence-electron chi connectivity index (χ0n) is 20.5. The van der Waals surface area contributed by atoms with E-state index in [1.54, 1.807) is 51.4 Å². The minimum atomic E-state index is 0.680. The Kier molecular flexibility index (Phi) is 7.30. The van der Waals surface area contributed by atoms with Crippen molar-refractivity contribution < 1.29 is 0 Å². The smallest absolute Gasteiger partial charge is 0.0264 e. The molecule has 0 aromatic carbocycles. The lowest BCUT2D eigenvalue weighted by Crippen LogP contribution is -2.53. The van der Waals surface area contributed by atoms with E-state index in [-0.39, 0.29) is 0 Å². The van der Waals surface area contributed by atoms with E-state index in [1.165, 1.54) is 25.7 Å². The van der Waals surface area contributed by atoms with Crippen LogP contribution in [-0.4, -0.2) is 0 Å². The molecule has 0 spiro atoms. The predicted octanol–water partition coefficient (Wildman–Crippen LogP) is 9.13. The molecule has 0 bridgehead atoms. The molecule has 9 atom stereocenters. The second-order valence-electron chi connectivity index (χ2n) is 11.7. The van der Waals surface area contributed by atoms with Crippen molar-refractivity contribution in [1.29, 1.82) is 0 Å². The molecular weight excluding hydrogens is 336 g/mol. The summed E-state index contributed by atoms with van der Waals surface area (Å²) in [5, 5.41) is 0. The normalized spacial score (nSPS) is 48.5. The average Bonchev–Trinajstić information content (AvgIpc) is 3.06. The van der Waals surface area contributed by atoms with E-state index < -0.39 is 0 Å². The van der Waals surface area contributed by atoms with Crippen LogP contribution in [0.1, 0.15) is 126 Å². The maximum atomic E-state index is 2.75. The largest absolute Gasteiger partial charge is 0.0683 e. The predicted molar refractivity (Wildman–Crippen MR) is 124 cm³/mol. The second kappa shape index (κ2) is 9.01. The van der Waals surface area contributed by atoms with Crippen LogP contribution in [0.15, 0.2) is 0 Å². The molecule has 28 heavy (non-hydrogen) atoms. The number of hydrogen-bond donors (Lipinski definition) is 0. The Morgan fingerprint density at radius 1 is 0.821 bits per heavy atom. The molecule has 4 saturated carbocycles. The van der Waals surface area contributed by atoms with Gasteiger partial charge in [-0.3, -0.25) is 0 Å². The lowest BCUT2D eigenvalue weighted by molar-refractivity contribution is -0.121. The molecule has 0 amide bonds. The first-order valence-electron chi connectivity index (χ1n) is 13.4. The van der Waals surface area contributed by atoms with Crippen molar-refractivity contribution in [3.05, 3.63) is 0 Å². The van der Waals surface area contributed by atoms with Gasteiger partial charge in [-0.15, -0.1) is 0 Å². The molecule has 0 aromatic rings. The molecular formula is C28H52. The highest BCUT2D eigenvalue weighted by Crippen LogP contribution is 2.68. The highest BCUT2D eigenvalue weighted by atomic mass is 14.6. The minimum absolute atomic E-state index is 0.680. The molecule has 0 N–H and O–H groups in total. The van der Waals surface area contributed by atoms with Gasteiger partial charge in [-0.25, -0.2) is 0 Å². The third-order valence-corrected chi connectivity index (χ3v) is 10.9. The standard InChI is InChI=1S/C26H46.C2H6/c1-6-8-18(3)22-11-12-23-21-10-9-20-17-19(7-2)13-15-25(20,4)24(21)14-16-26(22,23)5;1-2/h18-24H,6-17H2,1-5H3;1-2H3. The van der Waals surface area contributed by atoms with Crippen molar-refractivity contribution in [3.63, 3.8) is 0 Å². The maximum absolute atomic E-state index is 2.75. The van der Waals surface area contributed by atoms with Crippen molar-refractivity contribution in [2.75, 3.05) is 0 Å². The Morgan fingerprint density at radius 3 is 2.18 bits per heavy atom. The summed E-state index contributed by atoms with van der Waals surface area (Å²) in [6.07, 6.45) is 18.3. The minimum Gasteiger partial charge on any atom is -0.0683 e. The van der Waals surface area contributed by atoms with Crippen molar-refractivity contribution >= 4 is 0 Å². The molecule has 9 unspecified atom stereocenters. The molecule has 164 valence electrons. The fourth-order valence-electron chi connectivity index (χ4n) is 9.35. The van der Waals surface area contributed by atoms with E-state index in [4.69, 9.17) is 0 Å². The van der Waals surface area contributed by atoms with E-state index in [2.05, 4.69) is 34.6 Å². The molecule has 0 aliphatic heterocycles. The van der Waals surface area contributed by atoms with Gasteiger partial charge in [0.15, 0.2) is 0 Å². The monoisotopic (exact) mass is 388 g/mol. The van der Waals surface area contributed by atoms with Crippen LogP contribution in [0.25, 0.3) is 0 Å². The van der Waals surface area contributed by atoms with Crippen LogP contribution in [0.2, 0.25) is 0 Å². The zero-order chi connectivity index (χ0) is 20.5. The van der Waals surface area contributed by atoms with Gasteiger partial charge in [0.2, 0.25) is 0 Å². The van der Waals surface area contributed by atoms with Crippen LogP contribution in [0, 0.1) is 52.3 Å². The van der Waals surface area contributed by atoms with E-state index in [0.29, 0.717) is 10.8 Å². The van der Waals surface area contributed by atoms with Crippen molar-refractivity contribution in [3.8, 4) is 0 Å². The quantitative estimate of drug-likeness (QED) is 0.450. The summed E-state index contributed by atoms with van der Waals surface area (Å²) in [5.74, 6) is 7.29. The summed E-state index contributed by atoms with van der Waals surface area (Å²) in [6.45, 7) is 16.9. The van der Waals surface area contributed by atoms with Gasteiger partial charge in [0, 0.05) is 0 Å². The highest BCUT2D eigenvalue weighted by Gasteiger charge is 2.60. The van der Waals surface area contributed by atoms with Gasteiger partial charge >= 0.3 is 0 Å².